The molecule has 4 heteroatoms. The number of imidazole rings is 1. The molecule has 0 saturated carbocycles. The van der Waals surface area contributed by atoms with Crippen LogP contribution < -0.4 is 10.1 Å². The van der Waals surface area contributed by atoms with Crippen LogP contribution in [0.15, 0.2) is 36.7 Å². The fourth-order valence-corrected chi connectivity index (χ4v) is 1.75. The van der Waals surface area contributed by atoms with Crippen LogP contribution in [-0.2, 0) is 13.5 Å². The van der Waals surface area contributed by atoms with Crippen molar-refractivity contribution in [2.75, 3.05) is 19.0 Å². The van der Waals surface area contributed by atoms with Crippen molar-refractivity contribution in [1.29, 1.82) is 0 Å². The normalized spacial score (nSPS) is 10.2. The molecule has 0 fully saturated rings. The number of ether oxygens (including phenoxy) is 1. The lowest BCUT2D eigenvalue weighted by atomic mass is 10.1. The molecule has 0 aliphatic carbocycles. The van der Waals surface area contributed by atoms with Crippen LogP contribution in [0.3, 0.4) is 0 Å². The number of para-hydroxylation sites is 1. The molecule has 0 bridgehead atoms. The van der Waals surface area contributed by atoms with Gasteiger partial charge in [-0.1, -0.05) is 18.2 Å². The number of nitrogens with one attached hydrogen (secondary N) is 1. The Labute approximate surface area is 101 Å². The fraction of sp³-hybridized carbons (Fsp3) is 0.308. The predicted molar refractivity (Wildman–Crippen MR) is 68.4 cm³/mol. The van der Waals surface area contributed by atoms with Gasteiger partial charge >= 0.3 is 0 Å². The van der Waals surface area contributed by atoms with Gasteiger partial charge in [-0.3, -0.25) is 0 Å². The summed E-state index contributed by atoms with van der Waals surface area (Å²) in [7, 11) is 3.67. The van der Waals surface area contributed by atoms with Crippen molar-refractivity contribution >= 4 is 5.95 Å². The Kier molecular flexibility index (Phi) is 3.65. The van der Waals surface area contributed by atoms with Crippen molar-refractivity contribution in [2.45, 2.75) is 6.42 Å². The molecular weight excluding hydrogens is 214 g/mol. The van der Waals surface area contributed by atoms with Crippen molar-refractivity contribution in [3.05, 3.63) is 42.2 Å². The number of methoxy groups -OCH3 is 1. The minimum Gasteiger partial charge on any atom is -0.496 e. The highest BCUT2D eigenvalue weighted by Gasteiger charge is 2.02. The first-order chi connectivity index (χ1) is 8.31. The summed E-state index contributed by atoms with van der Waals surface area (Å²) in [4.78, 5) is 4.21. The number of aryl methyl sites for hydroxylation is 1. The summed E-state index contributed by atoms with van der Waals surface area (Å²) < 4.78 is 7.27. The first-order valence-electron chi connectivity index (χ1n) is 5.64. The number of anilines is 1. The summed E-state index contributed by atoms with van der Waals surface area (Å²) in [6, 6.07) is 8.07. The molecule has 17 heavy (non-hydrogen) atoms. The SMILES string of the molecule is COc1ccccc1CCNc1nccn1C. The Morgan fingerprint density at radius 3 is 2.88 bits per heavy atom. The van der Waals surface area contributed by atoms with Crippen LogP contribution in [0, 0.1) is 0 Å². The Bertz CT molecular complexity index is 479. The standard InChI is InChI=1S/C13H17N3O/c1-16-10-9-15-13(16)14-8-7-11-5-3-4-6-12(11)17-2/h3-6,9-10H,7-8H2,1-2H3,(H,14,15). The smallest absolute Gasteiger partial charge is 0.202 e. The van der Waals surface area contributed by atoms with E-state index < -0.39 is 0 Å². The van der Waals surface area contributed by atoms with Gasteiger partial charge in [-0.05, 0) is 18.1 Å². The molecule has 90 valence electrons. The molecule has 0 radical (unpaired) electrons. The molecule has 1 aromatic carbocycles. The van der Waals surface area contributed by atoms with Crippen LogP contribution in [-0.4, -0.2) is 23.2 Å². The van der Waals surface area contributed by atoms with Gasteiger partial charge in [-0.2, -0.15) is 0 Å². The second kappa shape index (κ2) is 5.39. The summed E-state index contributed by atoms with van der Waals surface area (Å²) in [5.74, 6) is 1.83. The van der Waals surface area contributed by atoms with Gasteiger partial charge in [0, 0.05) is 26.0 Å². The number of aromatic nitrogens is 2. The Hall–Kier alpha value is -1.97. The fourth-order valence-electron chi connectivity index (χ4n) is 1.75. The van der Waals surface area contributed by atoms with Gasteiger partial charge in [0.05, 0.1) is 7.11 Å². The lowest BCUT2D eigenvalue weighted by molar-refractivity contribution is 0.410. The second-order valence-corrected chi connectivity index (χ2v) is 3.85. The average Bonchev–Trinajstić information content (AvgIpc) is 2.76. The Morgan fingerprint density at radius 1 is 1.35 bits per heavy atom. The van der Waals surface area contributed by atoms with Crippen molar-refractivity contribution in [3.63, 3.8) is 0 Å². The van der Waals surface area contributed by atoms with E-state index >= 15 is 0 Å². The van der Waals surface area contributed by atoms with Gasteiger partial charge in [0.15, 0.2) is 0 Å². The zero-order valence-corrected chi connectivity index (χ0v) is 10.2. The minimum absolute atomic E-state index is 0.839. The quantitative estimate of drug-likeness (QED) is 0.856. The van der Waals surface area contributed by atoms with E-state index in [1.807, 2.05) is 36.0 Å². The largest absolute Gasteiger partial charge is 0.496 e. The van der Waals surface area contributed by atoms with Crippen molar-refractivity contribution in [1.82, 2.24) is 9.55 Å². The Morgan fingerprint density at radius 2 is 2.18 bits per heavy atom. The van der Waals surface area contributed by atoms with E-state index in [2.05, 4.69) is 16.4 Å². The van der Waals surface area contributed by atoms with Crippen LogP contribution >= 0.6 is 0 Å². The van der Waals surface area contributed by atoms with E-state index in [9.17, 15) is 0 Å². The molecule has 0 aliphatic rings. The maximum absolute atomic E-state index is 5.31. The maximum atomic E-state index is 5.31. The third-order valence-corrected chi connectivity index (χ3v) is 2.69. The van der Waals surface area contributed by atoms with E-state index in [1.165, 1.54) is 5.56 Å². The molecule has 2 rings (SSSR count). The van der Waals surface area contributed by atoms with Crippen LogP contribution in [0.5, 0.6) is 5.75 Å². The molecule has 1 heterocycles. The van der Waals surface area contributed by atoms with E-state index in [0.717, 1.165) is 24.7 Å². The zero-order valence-electron chi connectivity index (χ0n) is 10.2. The third kappa shape index (κ3) is 2.78. The highest BCUT2D eigenvalue weighted by atomic mass is 16.5. The molecular formula is C13H17N3O. The van der Waals surface area contributed by atoms with Crippen LogP contribution in [0.25, 0.3) is 0 Å². The summed E-state index contributed by atoms with van der Waals surface area (Å²) in [6.45, 7) is 0.839. The van der Waals surface area contributed by atoms with Crippen LogP contribution in [0.2, 0.25) is 0 Å². The summed E-state index contributed by atoms with van der Waals surface area (Å²) >= 11 is 0. The highest BCUT2D eigenvalue weighted by Crippen LogP contribution is 2.17. The molecule has 2 aromatic rings. The van der Waals surface area contributed by atoms with Gasteiger partial charge in [-0.25, -0.2) is 4.98 Å². The van der Waals surface area contributed by atoms with Gasteiger partial charge in [0.1, 0.15) is 5.75 Å². The van der Waals surface area contributed by atoms with E-state index in [4.69, 9.17) is 4.74 Å². The molecule has 0 atom stereocenters. The molecule has 0 aliphatic heterocycles. The third-order valence-electron chi connectivity index (χ3n) is 2.69. The first kappa shape index (κ1) is 11.5. The van der Waals surface area contributed by atoms with E-state index in [-0.39, 0.29) is 0 Å². The monoisotopic (exact) mass is 231 g/mol. The molecule has 4 nitrogen and oxygen atoms in total. The molecule has 0 amide bonds. The van der Waals surface area contributed by atoms with Gasteiger partial charge in [-0.15, -0.1) is 0 Å². The number of nitrogens with zero attached hydrogens (tertiary/aromatic N) is 2. The van der Waals surface area contributed by atoms with Crippen molar-refractivity contribution < 1.29 is 4.74 Å². The molecule has 1 aromatic heterocycles. The predicted octanol–water partition coefficient (Wildman–Crippen LogP) is 2.08. The lowest BCUT2D eigenvalue weighted by Crippen LogP contribution is -2.09. The summed E-state index contributed by atoms with van der Waals surface area (Å²) in [5, 5.41) is 3.29. The summed E-state index contributed by atoms with van der Waals surface area (Å²) in [6.07, 6.45) is 4.62. The minimum atomic E-state index is 0.839. The molecule has 0 spiro atoms. The number of hydrogen-bond acceptors (Lipinski definition) is 3. The topological polar surface area (TPSA) is 39.1 Å². The molecule has 0 saturated heterocycles. The van der Waals surface area contributed by atoms with E-state index in [0.29, 0.717) is 0 Å². The summed E-state index contributed by atoms with van der Waals surface area (Å²) in [5.41, 5.74) is 1.21. The Balaban J connectivity index is 1.92. The zero-order chi connectivity index (χ0) is 12.1. The van der Waals surface area contributed by atoms with Gasteiger partial charge in [0.2, 0.25) is 5.95 Å². The van der Waals surface area contributed by atoms with Crippen molar-refractivity contribution in [3.8, 4) is 5.75 Å². The highest BCUT2D eigenvalue weighted by molar-refractivity contribution is 5.34. The molecule has 1 N–H and O–H groups in total. The number of rotatable bonds is 5. The molecule has 0 unspecified atom stereocenters. The van der Waals surface area contributed by atoms with Crippen LogP contribution in [0.1, 0.15) is 5.56 Å². The van der Waals surface area contributed by atoms with Crippen LogP contribution in [0.4, 0.5) is 5.95 Å². The van der Waals surface area contributed by atoms with E-state index in [1.54, 1.807) is 13.3 Å². The first-order valence-corrected chi connectivity index (χ1v) is 5.64. The van der Waals surface area contributed by atoms with Gasteiger partial charge in [0.25, 0.3) is 0 Å². The lowest BCUT2D eigenvalue weighted by Gasteiger charge is -2.09. The van der Waals surface area contributed by atoms with Gasteiger partial charge < -0.3 is 14.6 Å². The number of benzene rings is 1. The maximum Gasteiger partial charge on any atom is 0.202 e. The average molecular weight is 231 g/mol. The second-order valence-electron chi connectivity index (χ2n) is 3.85. The van der Waals surface area contributed by atoms with Crippen molar-refractivity contribution in [2.24, 2.45) is 7.05 Å². The number of hydrogen-bond donors (Lipinski definition) is 1.